The number of benzene rings is 3. The number of hydrogen-bond donors (Lipinski definition) is 1. The largest absolute Gasteiger partial charge is 0.497 e. The molecule has 166 valence electrons. The highest BCUT2D eigenvalue weighted by atomic mass is 35.5. The Bertz CT molecular complexity index is 1430. The van der Waals surface area contributed by atoms with Crippen molar-refractivity contribution >= 4 is 45.8 Å². The highest BCUT2D eigenvalue weighted by Crippen LogP contribution is 2.44. The van der Waals surface area contributed by atoms with Crippen LogP contribution >= 0.6 is 23.2 Å². The first-order valence-electron chi connectivity index (χ1n) is 10.1. The molecule has 0 bridgehead atoms. The lowest BCUT2D eigenvalue weighted by atomic mass is 9.88. The van der Waals surface area contributed by atoms with E-state index >= 15 is 0 Å². The Balaban J connectivity index is 1.61. The van der Waals surface area contributed by atoms with Gasteiger partial charge in [-0.1, -0.05) is 47.5 Å². The highest BCUT2D eigenvalue weighted by Gasteiger charge is 2.44. The minimum Gasteiger partial charge on any atom is -0.497 e. The molecule has 0 radical (unpaired) electrons. The van der Waals surface area contributed by atoms with Crippen molar-refractivity contribution in [2.45, 2.75) is 12.0 Å². The average Bonchev–Trinajstić information content (AvgIpc) is 3.23. The summed E-state index contributed by atoms with van der Waals surface area (Å²) in [5, 5.41) is 4.12. The van der Waals surface area contributed by atoms with Crippen molar-refractivity contribution in [3.63, 3.8) is 0 Å². The van der Waals surface area contributed by atoms with Gasteiger partial charge in [-0.15, -0.1) is 0 Å². The second-order valence-corrected chi connectivity index (χ2v) is 8.35. The first kappa shape index (κ1) is 21.4. The number of amides is 1. The Morgan fingerprint density at radius 3 is 2.48 bits per heavy atom. The third kappa shape index (κ3) is 3.81. The SMILES string of the molecule is COc1ccc([C@H]2c3c(c4ccccc4oc3=O)O[C@@H]2C(=O)Nc2ccc(Cl)c(Cl)c2)cc1. The molecule has 33 heavy (non-hydrogen) atoms. The molecule has 5 rings (SSSR count). The van der Waals surface area contributed by atoms with Gasteiger partial charge in [0.05, 0.1) is 34.0 Å². The summed E-state index contributed by atoms with van der Waals surface area (Å²) in [6.07, 6.45) is -1.02. The molecule has 1 N–H and O–H groups in total. The van der Waals surface area contributed by atoms with Gasteiger partial charge in [0.25, 0.3) is 5.91 Å². The van der Waals surface area contributed by atoms with Crippen LogP contribution in [0.2, 0.25) is 10.0 Å². The molecule has 6 nitrogen and oxygen atoms in total. The Hall–Kier alpha value is -3.48. The van der Waals surface area contributed by atoms with Gasteiger partial charge in [0.2, 0.25) is 0 Å². The molecule has 4 aromatic rings. The Kier molecular flexibility index (Phi) is 5.48. The number of carbonyl (C=O) groups excluding carboxylic acids is 1. The number of nitrogens with one attached hydrogen (secondary N) is 1. The van der Waals surface area contributed by atoms with Gasteiger partial charge < -0.3 is 19.2 Å². The second-order valence-electron chi connectivity index (χ2n) is 7.54. The first-order valence-corrected chi connectivity index (χ1v) is 10.8. The van der Waals surface area contributed by atoms with E-state index in [-0.39, 0.29) is 0 Å². The van der Waals surface area contributed by atoms with Crippen LogP contribution in [0.25, 0.3) is 11.0 Å². The molecule has 0 fully saturated rings. The van der Waals surface area contributed by atoms with E-state index in [0.29, 0.717) is 49.3 Å². The van der Waals surface area contributed by atoms with Crippen molar-refractivity contribution in [2.24, 2.45) is 0 Å². The molecular weight excluding hydrogens is 465 g/mol. The molecule has 3 aromatic carbocycles. The lowest BCUT2D eigenvalue weighted by Gasteiger charge is -2.19. The monoisotopic (exact) mass is 481 g/mol. The maximum Gasteiger partial charge on any atom is 0.344 e. The van der Waals surface area contributed by atoms with Gasteiger partial charge in [0.15, 0.2) is 6.10 Å². The molecule has 0 saturated carbocycles. The van der Waals surface area contributed by atoms with Crippen LogP contribution in [-0.4, -0.2) is 19.1 Å². The second kappa shape index (κ2) is 8.46. The zero-order valence-electron chi connectivity index (χ0n) is 17.3. The topological polar surface area (TPSA) is 77.8 Å². The van der Waals surface area contributed by atoms with Crippen molar-refractivity contribution in [1.82, 2.24) is 0 Å². The fourth-order valence-corrected chi connectivity index (χ4v) is 4.32. The summed E-state index contributed by atoms with van der Waals surface area (Å²) in [5.74, 6) is -0.124. The van der Waals surface area contributed by atoms with Gasteiger partial charge >= 0.3 is 5.63 Å². The number of para-hydroxylation sites is 1. The zero-order chi connectivity index (χ0) is 23.1. The van der Waals surface area contributed by atoms with Crippen molar-refractivity contribution in [3.8, 4) is 11.5 Å². The van der Waals surface area contributed by atoms with E-state index in [2.05, 4.69) is 5.32 Å². The maximum atomic E-state index is 13.4. The number of halogens is 2. The fraction of sp³-hybridized carbons (Fsp3) is 0.120. The minimum atomic E-state index is -1.02. The molecule has 0 aliphatic carbocycles. The summed E-state index contributed by atoms with van der Waals surface area (Å²) in [6, 6.07) is 19.0. The van der Waals surface area contributed by atoms with Gasteiger partial charge in [-0.05, 0) is 48.0 Å². The number of rotatable bonds is 4. The number of ether oxygens (including phenoxy) is 2. The molecule has 0 saturated heterocycles. The minimum absolute atomic E-state index is 0.299. The Labute approximate surface area is 198 Å². The van der Waals surface area contributed by atoms with E-state index in [0.717, 1.165) is 0 Å². The van der Waals surface area contributed by atoms with Crippen LogP contribution in [0.5, 0.6) is 11.5 Å². The lowest BCUT2D eigenvalue weighted by molar-refractivity contribution is -0.122. The number of fused-ring (bicyclic) bond motifs is 3. The molecule has 0 unspecified atom stereocenters. The summed E-state index contributed by atoms with van der Waals surface area (Å²) in [7, 11) is 1.57. The molecule has 2 heterocycles. The summed E-state index contributed by atoms with van der Waals surface area (Å²) in [4.78, 5) is 26.4. The summed E-state index contributed by atoms with van der Waals surface area (Å²) in [6.45, 7) is 0. The quantitative estimate of drug-likeness (QED) is 0.381. The third-order valence-corrected chi connectivity index (χ3v) is 6.32. The zero-order valence-corrected chi connectivity index (χ0v) is 18.8. The summed E-state index contributed by atoms with van der Waals surface area (Å²) in [5.41, 5.74) is 1.31. The lowest BCUT2D eigenvalue weighted by Crippen LogP contribution is -2.35. The van der Waals surface area contributed by atoms with E-state index in [1.165, 1.54) is 0 Å². The fourth-order valence-electron chi connectivity index (χ4n) is 4.02. The number of carbonyl (C=O) groups is 1. The van der Waals surface area contributed by atoms with Gasteiger partial charge in [0, 0.05) is 5.69 Å². The van der Waals surface area contributed by atoms with Crippen LogP contribution in [-0.2, 0) is 4.79 Å². The molecular formula is C25H17Cl2NO5. The standard InChI is InChI=1S/C25H17Cl2NO5/c1-31-15-9-6-13(7-10-15)20-21-22(16-4-2-3-5-19(16)32-25(21)30)33-23(20)24(29)28-14-8-11-17(26)18(27)12-14/h2-12,20,23H,1H3,(H,28,29)/t20-,23-/m0/s1. The summed E-state index contributed by atoms with van der Waals surface area (Å²) >= 11 is 12.1. The Morgan fingerprint density at radius 1 is 1.00 bits per heavy atom. The highest BCUT2D eigenvalue weighted by molar-refractivity contribution is 6.42. The Morgan fingerprint density at radius 2 is 1.76 bits per heavy atom. The molecule has 8 heteroatoms. The van der Waals surface area contributed by atoms with Crippen LogP contribution in [0.15, 0.2) is 75.9 Å². The number of hydrogen-bond acceptors (Lipinski definition) is 5. The smallest absolute Gasteiger partial charge is 0.344 e. The first-order chi connectivity index (χ1) is 16.0. The molecule has 2 atom stereocenters. The van der Waals surface area contributed by atoms with Gasteiger partial charge in [-0.3, -0.25) is 4.79 Å². The molecule has 0 spiro atoms. The maximum absolute atomic E-state index is 13.4. The van der Waals surface area contributed by atoms with Gasteiger partial charge in [-0.2, -0.15) is 0 Å². The van der Waals surface area contributed by atoms with Crippen LogP contribution in [0.1, 0.15) is 17.0 Å². The molecule has 1 aliphatic heterocycles. The van der Waals surface area contributed by atoms with Gasteiger partial charge in [0.1, 0.15) is 17.1 Å². The predicted octanol–water partition coefficient (Wildman–Crippen LogP) is 5.64. The van der Waals surface area contributed by atoms with Crippen LogP contribution in [0.3, 0.4) is 0 Å². The van der Waals surface area contributed by atoms with E-state index in [1.54, 1.807) is 67.8 Å². The molecule has 1 amide bonds. The number of anilines is 1. The van der Waals surface area contributed by atoms with Crippen LogP contribution in [0, 0.1) is 0 Å². The van der Waals surface area contributed by atoms with Crippen molar-refractivity contribution < 1.29 is 18.7 Å². The van der Waals surface area contributed by atoms with Crippen LogP contribution in [0.4, 0.5) is 5.69 Å². The normalized spacial score (nSPS) is 16.8. The van der Waals surface area contributed by atoms with E-state index in [9.17, 15) is 9.59 Å². The van der Waals surface area contributed by atoms with Crippen molar-refractivity contribution in [1.29, 1.82) is 0 Å². The summed E-state index contributed by atoms with van der Waals surface area (Å²) < 4.78 is 16.9. The van der Waals surface area contributed by atoms with Crippen molar-refractivity contribution in [2.75, 3.05) is 12.4 Å². The average molecular weight is 482 g/mol. The third-order valence-electron chi connectivity index (χ3n) is 5.58. The van der Waals surface area contributed by atoms with E-state index < -0.39 is 23.6 Å². The van der Waals surface area contributed by atoms with Crippen molar-refractivity contribution in [3.05, 3.63) is 98.3 Å². The number of methoxy groups -OCH3 is 1. The van der Waals surface area contributed by atoms with Crippen LogP contribution < -0.4 is 20.4 Å². The van der Waals surface area contributed by atoms with E-state index in [4.69, 9.17) is 37.1 Å². The molecule has 1 aromatic heterocycles. The predicted molar refractivity (Wildman–Crippen MR) is 127 cm³/mol. The molecule has 1 aliphatic rings. The van der Waals surface area contributed by atoms with Gasteiger partial charge in [-0.25, -0.2) is 4.79 Å². The van der Waals surface area contributed by atoms with E-state index in [1.807, 2.05) is 6.07 Å².